The molecule has 1 aromatic carbocycles. The molecule has 0 bridgehead atoms. The zero-order chi connectivity index (χ0) is 13.4. The Morgan fingerprint density at radius 3 is 2.74 bits per heavy atom. The lowest BCUT2D eigenvalue weighted by Crippen LogP contribution is -2.16. The number of benzene rings is 1. The number of halogens is 1. The summed E-state index contributed by atoms with van der Waals surface area (Å²) in [6, 6.07) is 6.52. The average Bonchev–Trinajstić information content (AvgIpc) is 2.89. The van der Waals surface area contributed by atoms with E-state index in [1.54, 1.807) is 28.0 Å². The van der Waals surface area contributed by atoms with Gasteiger partial charge in [-0.05, 0) is 24.6 Å². The third-order valence-corrected chi connectivity index (χ3v) is 3.85. The molecule has 2 heterocycles. The maximum Gasteiger partial charge on any atom is 0.214 e. The molecular weight excluding hydrogens is 263 g/mol. The van der Waals surface area contributed by atoms with E-state index in [9.17, 15) is 4.39 Å². The van der Waals surface area contributed by atoms with Gasteiger partial charge in [-0.3, -0.25) is 0 Å². The Kier molecular flexibility index (Phi) is 2.94. The minimum Gasteiger partial charge on any atom is -0.345 e. The molecule has 0 spiro atoms. The standard InChI is InChI=1S/C13H13FN4S/c1-9-7-18-12(15-9)19-13(16-18)17(2)8-10-3-5-11(14)6-4-10/h3-7H,8H2,1-2H3. The molecule has 3 rings (SSSR count). The summed E-state index contributed by atoms with van der Waals surface area (Å²) in [5, 5.41) is 5.37. The summed E-state index contributed by atoms with van der Waals surface area (Å²) in [4.78, 5) is 7.29. The molecule has 0 amide bonds. The molecule has 2 aromatic heterocycles. The van der Waals surface area contributed by atoms with Crippen molar-refractivity contribution < 1.29 is 4.39 Å². The highest BCUT2D eigenvalue weighted by Crippen LogP contribution is 2.23. The third-order valence-electron chi connectivity index (χ3n) is 2.81. The second-order valence-electron chi connectivity index (χ2n) is 4.48. The van der Waals surface area contributed by atoms with Gasteiger partial charge in [0.2, 0.25) is 10.1 Å². The first-order valence-corrected chi connectivity index (χ1v) is 6.72. The molecule has 0 aliphatic heterocycles. The van der Waals surface area contributed by atoms with Crippen molar-refractivity contribution in [2.24, 2.45) is 0 Å². The van der Waals surface area contributed by atoms with Gasteiger partial charge in [-0.15, -0.1) is 5.10 Å². The Bertz CT molecular complexity index is 670. The maximum atomic E-state index is 12.8. The normalized spacial score (nSPS) is 11.1. The van der Waals surface area contributed by atoms with Crippen molar-refractivity contribution in [3.8, 4) is 0 Å². The summed E-state index contributed by atoms with van der Waals surface area (Å²) in [7, 11) is 1.97. The molecule has 0 atom stereocenters. The number of hydrogen-bond donors (Lipinski definition) is 0. The smallest absolute Gasteiger partial charge is 0.214 e. The van der Waals surface area contributed by atoms with Gasteiger partial charge >= 0.3 is 0 Å². The van der Waals surface area contributed by atoms with E-state index in [0.29, 0.717) is 6.54 Å². The van der Waals surface area contributed by atoms with Crippen LogP contribution in [0.2, 0.25) is 0 Å². The zero-order valence-corrected chi connectivity index (χ0v) is 11.5. The van der Waals surface area contributed by atoms with Crippen molar-refractivity contribution in [3.63, 3.8) is 0 Å². The molecular formula is C13H13FN4S. The Hall–Kier alpha value is -1.95. The number of anilines is 1. The van der Waals surface area contributed by atoms with Crippen LogP contribution in [0.4, 0.5) is 9.52 Å². The van der Waals surface area contributed by atoms with E-state index in [1.807, 2.05) is 25.1 Å². The van der Waals surface area contributed by atoms with Crippen LogP contribution < -0.4 is 4.90 Å². The van der Waals surface area contributed by atoms with Crippen LogP contribution in [-0.2, 0) is 6.54 Å². The Labute approximate surface area is 114 Å². The number of imidazole rings is 1. The summed E-state index contributed by atoms with van der Waals surface area (Å²) in [5.41, 5.74) is 2.01. The first kappa shape index (κ1) is 12.1. The number of aromatic nitrogens is 3. The lowest BCUT2D eigenvalue weighted by molar-refractivity contribution is 0.627. The summed E-state index contributed by atoms with van der Waals surface area (Å²) < 4.78 is 14.6. The Morgan fingerprint density at radius 2 is 2.05 bits per heavy atom. The van der Waals surface area contributed by atoms with E-state index in [0.717, 1.165) is 21.3 Å². The molecule has 0 aliphatic rings. The molecule has 0 saturated heterocycles. The second-order valence-corrected chi connectivity index (χ2v) is 5.41. The first-order valence-electron chi connectivity index (χ1n) is 5.90. The average molecular weight is 276 g/mol. The molecule has 0 aliphatic carbocycles. The van der Waals surface area contributed by atoms with Crippen molar-refractivity contribution in [1.29, 1.82) is 0 Å². The predicted octanol–water partition coefficient (Wildman–Crippen LogP) is 2.87. The number of nitrogens with zero attached hydrogens (tertiary/aromatic N) is 4. The van der Waals surface area contributed by atoms with Crippen LogP contribution in [0.3, 0.4) is 0 Å². The topological polar surface area (TPSA) is 33.4 Å². The minimum absolute atomic E-state index is 0.213. The fourth-order valence-corrected chi connectivity index (χ4v) is 2.77. The van der Waals surface area contributed by atoms with Crippen molar-refractivity contribution in [3.05, 3.63) is 47.5 Å². The third kappa shape index (κ3) is 2.44. The molecule has 3 aromatic rings. The fourth-order valence-electron chi connectivity index (χ4n) is 1.88. The van der Waals surface area contributed by atoms with Crippen molar-refractivity contribution >= 4 is 21.4 Å². The molecule has 6 heteroatoms. The summed E-state index contributed by atoms with van der Waals surface area (Å²) in [5.74, 6) is -0.213. The van der Waals surface area contributed by atoms with Crippen LogP contribution in [0.15, 0.2) is 30.5 Å². The number of hydrogen-bond acceptors (Lipinski definition) is 4. The number of fused-ring (bicyclic) bond motifs is 1. The summed E-state index contributed by atoms with van der Waals surface area (Å²) in [6.07, 6.45) is 1.90. The van der Waals surface area contributed by atoms with Crippen LogP contribution in [0.1, 0.15) is 11.3 Å². The van der Waals surface area contributed by atoms with E-state index in [4.69, 9.17) is 0 Å². The van der Waals surface area contributed by atoms with Gasteiger partial charge in [0, 0.05) is 13.6 Å². The molecule has 98 valence electrons. The quantitative estimate of drug-likeness (QED) is 0.737. The molecule has 0 fully saturated rings. The van der Waals surface area contributed by atoms with Crippen LogP contribution >= 0.6 is 11.3 Å². The van der Waals surface area contributed by atoms with Crippen LogP contribution in [-0.4, -0.2) is 21.6 Å². The van der Waals surface area contributed by atoms with E-state index >= 15 is 0 Å². The highest BCUT2D eigenvalue weighted by atomic mass is 32.1. The zero-order valence-electron chi connectivity index (χ0n) is 10.7. The summed E-state index contributed by atoms with van der Waals surface area (Å²) >= 11 is 1.54. The molecule has 0 N–H and O–H groups in total. The van der Waals surface area contributed by atoms with Gasteiger partial charge in [0.1, 0.15) is 5.82 Å². The van der Waals surface area contributed by atoms with Gasteiger partial charge in [0.15, 0.2) is 0 Å². The largest absolute Gasteiger partial charge is 0.345 e. The SMILES string of the molecule is Cc1cn2nc(N(C)Cc3ccc(F)cc3)sc2n1. The van der Waals surface area contributed by atoms with Crippen LogP contribution in [0.5, 0.6) is 0 Å². The molecule has 0 saturated carbocycles. The lowest BCUT2D eigenvalue weighted by Gasteiger charge is -2.14. The van der Waals surface area contributed by atoms with Gasteiger partial charge in [0.25, 0.3) is 0 Å². The highest BCUT2D eigenvalue weighted by Gasteiger charge is 2.10. The lowest BCUT2D eigenvalue weighted by atomic mass is 10.2. The molecule has 0 radical (unpaired) electrons. The summed E-state index contributed by atoms with van der Waals surface area (Å²) in [6.45, 7) is 2.64. The molecule has 19 heavy (non-hydrogen) atoms. The predicted molar refractivity (Wildman–Crippen MR) is 74.1 cm³/mol. The van der Waals surface area contributed by atoms with Gasteiger partial charge < -0.3 is 4.90 Å². The van der Waals surface area contributed by atoms with Gasteiger partial charge in [-0.2, -0.15) is 0 Å². The van der Waals surface area contributed by atoms with E-state index < -0.39 is 0 Å². The maximum absolute atomic E-state index is 12.8. The van der Waals surface area contributed by atoms with Crippen molar-refractivity contribution in [2.75, 3.05) is 11.9 Å². The minimum atomic E-state index is -0.213. The molecule has 0 unspecified atom stereocenters. The van der Waals surface area contributed by atoms with Gasteiger partial charge in [-0.25, -0.2) is 13.9 Å². The van der Waals surface area contributed by atoms with E-state index in [1.165, 1.54) is 12.1 Å². The fraction of sp³-hybridized carbons (Fsp3) is 0.231. The van der Waals surface area contributed by atoms with E-state index in [2.05, 4.69) is 10.1 Å². The van der Waals surface area contributed by atoms with Gasteiger partial charge in [-0.1, -0.05) is 23.5 Å². The highest BCUT2D eigenvalue weighted by molar-refractivity contribution is 7.20. The van der Waals surface area contributed by atoms with Crippen molar-refractivity contribution in [1.82, 2.24) is 14.6 Å². The van der Waals surface area contributed by atoms with Crippen LogP contribution in [0.25, 0.3) is 4.96 Å². The number of rotatable bonds is 3. The Balaban J connectivity index is 1.80. The second kappa shape index (κ2) is 4.62. The van der Waals surface area contributed by atoms with Crippen molar-refractivity contribution in [2.45, 2.75) is 13.5 Å². The monoisotopic (exact) mass is 276 g/mol. The Morgan fingerprint density at radius 1 is 1.32 bits per heavy atom. The number of aryl methyl sites for hydroxylation is 1. The van der Waals surface area contributed by atoms with Gasteiger partial charge in [0.05, 0.1) is 11.9 Å². The molecule has 4 nitrogen and oxygen atoms in total. The first-order chi connectivity index (χ1) is 9.11. The van der Waals surface area contributed by atoms with E-state index in [-0.39, 0.29) is 5.82 Å². The van der Waals surface area contributed by atoms with Crippen LogP contribution in [0, 0.1) is 12.7 Å².